The molecular weight excluding hydrogens is 363 g/mol. The highest BCUT2D eigenvalue weighted by molar-refractivity contribution is 6.30. The van der Waals surface area contributed by atoms with Gasteiger partial charge in [0.05, 0.1) is 5.02 Å². The molecule has 1 aromatic carbocycles. The lowest BCUT2D eigenvalue weighted by molar-refractivity contribution is -0.134. The molecule has 2 nitrogen and oxygen atoms in total. The van der Waals surface area contributed by atoms with Crippen molar-refractivity contribution in [2.45, 2.75) is 77.6 Å². The molecule has 0 N–H and O–H groups in total. The van der Waals surface area contributed by atoms with Crippen LogP contribution in [0.4, 0.5) is 4.39 Å². The van der Waals surface area contributed by atoms with Crippen molar-refractivity contribution in [3.05, 3.63) is 29.0 Å². The number of carbonyl (C=O) groups excluding carboxylic acids is 1. The zero-order valence-electron chi connectivity index (χ0n) is 16.4. The largest absolute Gasteiger partial charge is 0.426 e. The lowest BCUT2D eigenvalue weighted by Gasteiger charge is -2.38. The van der Waals surface area contributed by atoms with Crippen LogP contribution < -0.4 is 4.74 Å². The number of halogens is 2. The summed E-state index contributed by atoms with van der Waals surface area (Å²) in [5.74, 6) is 2.73. The average Bonchev–Trinajstić information content (AvgIpc) is 2.69. The second kappa shape index (κ2) is 9.91. The summed E-state index contributed by atoms with van der Waals surface area (Å²) in [6.45, 7) is 2.32. The Balaban J connectivity index is 1.42. The van der Waals surface area contributed by atoms with Crippen molar-refractivity contribution in [1.82, 2.24) is 0 Å². The average molecular weight is 395 g/mol. The second-order valence-electron chi connectivity index (χ2n) is 8.57. The van der Waals surface area contributed by atoms with Crippen LogP contribution in [0.25, 0.3) is 0 Å². The van der Waals surface area contributed by atoms with Gasteiger partial charge in [0.25, 0.3) is 0 Å². The van der Waals surface area contributed by atoms with Gasteiger partial charge in [-0.2, -0.15) is 0 Å². The fourth-order valence-electron chi connectivity index (χ4n) is 5.14. The predicted molar refractivity (Wildman–Crippen MR) is 107 cm³/mol. The Bertz CT molecular complexity index is 625. The zero-order chi connectivity index (χ0) is 19.2. The molecule has 0 heterocycles. The highest BCUT2D eigenvalue weighted by atomic mass is 35.5. The van der Waals surface area contributed by atoms with E-state index in [0.29, 0.717) is 12.3 Å². The Morgan fingerprint density at radius 2 is 1.89 bits per heavy atom. The lowest BCUT2D eigenvalue weighted by atomic mass is 9.68. The molecule has 2 fully saturated rings. The molecule has 1 aromatic rings. The third kappa shape index (κ3) is 5.94. The predicted octanol–water partition coefficient (Wildman–Crippen LogP) is 7.19. The number of hydrogen-bond donors (Lipinski definition) is 0. The van der Waals surface area contributed by atoms with Gasteiger partial charge in [0.2, 0.25) is 0 Å². The summed E-state index contributed by atoms with van der Waals surface area (Å²) in [7, 11) is 0. The molecule has 1 unspecified atom stereocenters. The lowest BCUT2D eigenvalue weighted by Crippen LogP contribution is -2.27. The molecule has 2 atom stereocenters. The number of ether oxygens (including phenoxy) is 1. The van der Waals surface area contributed by atoms with Gasteiger partial charge in [0, 0.05) is 12.5 Å². The Labute approximate surface area is 167 Å². The topological polar surface area (TPSA) is 26.3 Å². The Morgan fingerprint density at radius 1 is 1.11 bits per heavy atom. The van der Waals surface area contributed by atoms with Crippen molar-refractivity contribution in [2.75, 3.05) is 0 Å². The van der Waals surface area contributed by atoms with Crippen molar-refractivity contribution in [1.29, 1.82) is 0 Å². The van der Waals surface area contributed by atoms with E-state index >= 15 is 0 Å². The van der Waals surface area contributed by atoms with E-state index in [1.54, 1.807) is 0 Å². The molecule has 0 radical (unpaired) electrons. The standard InChI is InChI=1S/C23H32ClFO2/c1-2-16-6-9-18(10-7-16)19-5-3-4-17(14-19)8-13-23(26)27-20-11-12-21(24)22(25)15-20/h11-12,15-19H,2-10,13-14H2,1H3/t16-,17?,18-,19-/m0/s1. The Kier molecular flexibility index (Phi) is 7.57. The minimum absolute atomic E-state index is 0.0380. The molecule has 150 valence electrons. The van der Waals surface area contributed by atoms with E-state index in [4.69, 9.17) is 16.3 Å². The maximum atomic E-state index is 13.4. The van der Waals surface area contributed by atoms with Gasteiger partial charge in [-0.25, -0.2) is 4.39 Å². The van der Waals surface area contributed by atoms with E-state index < -0.39 is 5.82 Å². The minimum Gasteiger partial charge on any atom is -0.426 e. The molecule has 27 heavy (non-hydrogen) atoms. The summed E-state index contributed by atoms with van der Waals surface area (Å²) in [5, 5.41) is 0.0380. The van der Waals surface area contributed by atoms with Gasteiger partial charge in [-0.1, -0.05) is 57.0 Å². The van der Waals surface area contributed by atoms with Crippen LogP contribution in [0.5, 0.6) is 5.75 Å². The van der Waals surface area contributed by atoms with Crippen LogP contribution in [0, 0.1) is 29.5 Å². The van der Waals surface area contributed by atoms with Crippen LogP contribution in [-0.4, -0.2) is 5.97 Å². The quantitative estimate of drug-likeness (QED) is 0.377. The van der Waals surface area contributed by atoms with Gasteiger partial charge in [-0.15, -0.1) is 0 Å². The highest BCUT2D eigenvalue weighted by Gasteiger charge is 2.31. The molecule has 0 spiro atoms. The molecule has 2 aliphatic rings. The smallest absolute Gasteiger partial charge is 0.311 e. The molecule has 0 aliphatic heterocycles. The number of carbonyl (C=O) groups is 1. The van der Waals surface area contributed by atoms with Crippen LogP contribution in [0.3, 0.4) is 0 Å². The highest BCUT2D eigenvalue weighted by Crippen LogP contribution is 2.43. The first-order valence-electron chi connectivity index (χ1n) is 10.7. The van der Waals surface area contributed by atoms with Gasteiger partial charge >= 0.3 is 5.97 Å². The SMILES string of the molecule is CC[C@H]1CC[C@H]([C@H]2CCCC(CCC(=O)Oc3ccc(Cl)c(F)c3)C2)CC1. The van der Waals surface area contributed by atoms with Gasteiger partial charge in [-0.3, -0.25) is 4.79 Å². The van der Waals surface area contributed by atoms with Crippen molar-refractivity contribution < 1.29 is 13.9 Å². The second-order valence-corrected chi connectivity index (χ2v) is 8.98. The first kappa shape index (κ1) is 20.6. The normalized spacial score (nSPS) is 28.7. The number of rotatable bonds is 6. The van der Waals surface area contributed by atoms with Crippen molar-refractivity contribution in [3.8, 4) is 5.75 Å². The molecular formula is C23H32ClFO2. The maximum Gasteiger partial charge on any atom is 0.311 e. The Morgan fingerprint density at radius 3 is 2.59 bits per heavy atom. The monoisotopic (exact) mass is 394 g/mol. The first-order valence-corrected chi connectivity index (χ1v) is 11.1. The third-order valence-electron chi connectivity index (χ3n) is 6.84. The van der Waals surface area contributed by atoms with E-state index in [0.717, 1.165) is 24.2 Å². The van der Waals surface area contributed by atoms with Gasteiger partial charge in [0.1, 0.15) is 11.6 Å². The van der Waals surface area contributed by atoms with Crippen LogP contribution >= 0.6 is 11.6 Å². The van der Waals surface area contributed by atoms with Gasteiger partial charge in [-0.05, 0) is 61.5 Å². The van der Waals surface area contributed by atoms with E-state index in [9.17, 15) is 9.18 Å². The van der Waals surface area contributed by atoms with Crippen LogP contribution in [0.2, 0.25) is 5.02 Å². The summed E-state index contributed by atoms with van der Waals surface area (Å²) >= 11 is 5.66. The van der Waals surface area contributed by atoms with E-state index in [1.807, 2.05) is 0 Å². The van der Waals surface area contributed by atoms with E-state index in [1.165, 1.54) is 76.0 Å². The van der Waals surface area contributed by atoms with E-state index in [-0.39, 0.29) is 16.7 Å². The molecule has 0 bridgehead atoms. The number of hydrogen-bond acceptors (Lipinski definition) is 2. The van der Waals surface area contributed by atoms with Crippen molar-refractivity contribution in [3.63, 3.8) is 0 Å². The summed E-state index contributed by atoms with van der Waals surface area (Å²) in [6.07, 6.45) is 13.4. The van der Waals surface area contributed by atoms with Crippen LogP contribution in [0.1, 0.15) is 77.6 Å². The fraction of sp³-hybridized carbons (Fsp3) is 0.696. The summed E-state index contributed by atoms with van der Waals surface area (Å²) < 4.78 is 18.7. The molecule has 3 rings (SSSR count). The third-order valence-corrected chi connectivity index (χ3v) is 7.14. The van der Waals surface area contributed by atoms with Crippen molar-refractivity contribution >= 4 is 17.6 Å². The maximum absolute atomic E-state index is 13.4. The summed E-state index contributed by atoms with van der Waals surface area (Å²) in [6, 6.07) is 4.12. The molecule has 0 aromatic heterocycles. The molecule has 2 saturated carbocycles. The molecule has 4 heteroatoms. The first-order chi connectivity index (χ1) is 13.0. The summed E-state index contributed by atoms with van der Waals surface area (Å²) in [4.78, 5) is 12.1. The molecule has 0 amide bonds. The molecule has 0 saturated heterocycles. The fourth-order valence-corrected chi connectivity index (χ4v) is 5.25. The van der Waals surface area contributed by atoms with Crippen LogP contribution in [0.15, 0.2) is 18.2 Å². The zero-order valence-corrected chi connectivity index (χ0v) is 17.1. The van der Waals surface area contributed by atoms with Gasteiger partial charge in [0.15, 0.2) is 0 Å². The molecule has 2 aliphatic carbocycles. The number of esters is 1. The van der Waals surface area contributed by atoms with E-state index in [2.05, 4.69) is 6.92 Å². The van der Waals surface area contributed by atoms with Crippen molar-refractivity contribution in [2.24, 2.45) is 23.7 Å². The minimum atomic E-state index is -0.560. The Hall–Kier alpha value is -1.09. The summed E-state index contributed by atoms with van der Waals surface area (Å²) in [5.41, 5.74) is 0. The number of benzene rings is 1. The van der Waals surface area contributed by atoms with Crippen LogP contribution in [-0.2, 0) is 4.79 Å². The van der Waals surface area contributed by atoms with Gasteiger partial charge < -0.3 is 4.74 Å².